The van der Waals surface area contributed by atoms with Crippen molar-refractivity contribution >= 4 is 75.5 Å². The molecule has 0 saturated heterocycles. The van der Waals surface area contributed by atoms with Crippen molar-refractivity contribution in [2.75, 3.05) is 5.06 Å². The first-order valence-corrected chi connectivity index (χ1v) is 15.9. The summed E-state index contributed by atoms with van der Waals surface area (Å²) < 4.78 is 10.7. The van der Waals surface area contributed by atoms with E-state index in [0.29, 0.717) is 11.9 Å². The molecular weight excluding hydrogens is 569 g/mol. The van der Waals surface area contributed by atoms with Gasteiger partial charge in [0.25, 0.3) is 0 Å². The van der Waals surface area contributed by atoms with Crippen LogP contribution in [0.15, 0.2) is 146 Å². The van der Waals surface area contributed by atoms with Crippen LogP contribution >= 0.6 is 11.3 Å². The lowest BCUT2D eigenvalue weighted by Crippen LogP contribution is -2.27. The highest BCUT2D eigenvalue weighted by Crippen LogP contribution is 2.57. The van der Waals surface area contributed by atoms with Gasteiger partial charge in [0.15, 0.2) is 11.6 Å². The lowest BCUT2D eigenvalue weighted by molar-refractivity contribution is 0.320. The molecule has 0 N–H and O–H groups in total. The summed E-state index contributed by atoms with van der Waals surface area (Å²) in [4.78, 5) is 12.3. The largest absolute Gasteiger partial charge is 0.372 e. The smallest absolute Gasteiger partial charge is 0.170 e. The average molecular weight is 594 g/mol. The first-order chi connectivity index (χ1) is 22.7. The van der Waals surface area contributed by atoms with E-state index in [1.54, 1.807) is 11.3 Å². The van der Waals surface area contributed by atoms with Crippen molar-refractivity contribution in [1.82, 2.24) is 4.98 Å². The quantitative estimate of drug-likeness (QED) is 0.199. The van der Waals surface area contributed by atoms with Gasteiger partial charge in [0, 0.05) is 32.0 Å². The Morgan fingerprint density at radius 2 is 1.38 bits per heavy atom. The molecule has 210 valence electrons. The lowest BCUT2D eigenvalue weighted by atomic mass is 9.89. The van der Waals surface area contributed by atoms with Crippen LogP contribution in [0.1, 0.15) is 1.37 Å². The molecule has 0 unspecified atom stereocenters. The van der Waals surface area contributed by atoms with Gasteiger partial charge in [-0.3, -0.25) is 0 Å². The summed E-state index contributed by atoms with van der Waals surface area (Å²) in [6.45, 7) is 0. The number of hydrogen-bond donors (Lipinski definition) is 0. The number of pyridine rings is 1. The lowest BCUT2D eigenvalue weighted by Gasteiger charge is -2.33. The summed E-state index contributed by atoms with van der Waals surface area (Å²) in [6, 6.07) is 48.8. The predicted molar refractivity (Wildman–Crippen MR) is 190 cm³/mol. The Bertz CT molecular complexity index is 2700. The van der Waals surface area contributed by atoms with E-state index < -0.39 is 0 Å². The minimum absolute atomic E-state index is 0.502. The van der Waals surface area contributed by atoms with Crippen LogP contribution in [-0.4, -0.2) is 4.98 Å². The summed E-state index contributed by atoms with van der Waals surface area (Å²) in [5, 5.41) is 9.92. The molecule has 7 aromatic carbocycles. The minimum atomic E-state index is 0.502. The van der Waals surface area contributed by atoms with Gasteiger partial charge in [0.2, 0.25) is 0 Å². The number of rotatable bonds is 2. The molecule has 2 aromatic heterocycles. The summed E-state index contributed by atoms with van der Waals surface area (Å²) in [7, 11) is 0. The first kappa shape index (κ1) is 23.7. The second kappa shape index (κ2) is 9.39. The zero-order chi connectivity index (χ0) is 30.4. The number of fused-ring (bicyclic) bond motifs is 13. The number of benzene rings is 7. The zero-order valence-corrected chi connectivity index (χ0v) is 24.8. The van der Waals surface area contributed by atoms with Crippen LogP contribution in [0, 0.1) is 0 Å². The van der Waals surface area contributed by atoms with Crippen LogP contribution in [0.3, 0.4) is 0 Å². The third-order valence-electron chi connectivity index (χ3n) is 8.98. The van der Waals surface area contributed by atoms with E-state index in [4.69, 9.17) is 11.2 Å². The standard InChI is InChI=1S/C41H24N2OS/c1-2-12-25(13-3-1)32-24-36(42-33-20-10-8-16-28(32)33)43-40-39(38-27-15-5-4-14-26(27)22-23-34(38)44-43)30-18-7-6-17-29(30)37-31-19-9-11-21-35(31)45-41(37)40/h1-24H/i9D. The van der Waals surface area contributed by atoms with Gasteiger partial charge in [-0.2, -0.15) is 5.06 Å². The second-order valence-corrected chi connectivity index (χ2v) is 12.5. The van der Waals surface area contributed by atoms with Crippen LogP contribution in [-0.2, 0) is 0 Å². The second-order valence-electron chi connectivity index (χ2n) is 11.5. The molecule has 3 heterocycles. The molecule has 0 radical (unpaired) electrons. The Balaban J connectivity index is 1.39. The van der Waals surface area contributed by atoms with E-state index in [9.17, 15) is 0 Å². The number of thiophene rings is 1. The minimum Gasteiger partial charge on any atom is -0.372 e. The first-order valence-electron chi connectivity index (χ1n) is 15.6. The molecule has 1 aliphatic heterocycles. The number of aromatic nitrogens is 1. The molecule has 0 spiro atoms. The zero-order valence-electron chi connectivity index (χ0n) is 25.0. The van der Waals surface area contributed by atoms with E-state index in [-0.39, 0.29) is 0 Å². The molecular formula is C41H24N2OS. The van der Waals surface area contributed by atoms with E-state index in [1.165, 1.54) is 10.8 Å². The van der Waals surface area contributed by atoms with Crippen molar-refractivity contribution in [3.8, 4) is 28.0 Å². The van der Waals surface area contributed by atoms with Crippen LogP contribution in [0.5, 0.6) is 5.75 Å². The van der Waals surface area contributed by atoms with Gasteiger partial charge in [-0.25, -0.2) is 4.98 Å². The number of anilines is 2. The van der Waals surface area contributed by atoms with Gasteiger partial charge in [-0.05, 0) is 56.9 Å². The van der Waals surface area contributed by atoms with Crippen molar-refractivity contribution in [2.24, 2.45) is 0 Å². The van der Waals surface area contributed by atoms with E-state index in [0.717, 1.165) is 75.5 Å². The van der Waals surface area contributed by atoms with Gasteiger partial charge >= 0.3 is 0 Å². The van der Waals surface area contributed by atoms with Crippen molar-refractivity contribution in [2.45, 2.75) is 0 Å². The molecule has 0 bridgehead atoms. The van der Waals surface area contributed by atoms with Crippen molar-refractivity contribution in [3.05, 3.63) is 146 Å². The molecule has 10 rings (SSSR count). The normalized spacial score (nSPS) is 12.9. The molecule has 1 aliphatic rings. The highest BCUT2D eigenvalue weighted by molar-refractivity contribution is 7.26. The molecule has 0 amide bonds. The van der Waals surface area contributed by atoms with Crippen molar-refractivity contribution in [1.29, 1.82) is 0 Å². The molecule has 0 atom stereocenters. The van der Waals surface area contributed by atoms with Crippen LogP contribution in [0.25, 0.3) is 74.9 Å². The Morgan fingerprint density at radius 1 is 0.622 bits per heavy atom. The monoisotopic (exact) mass is 593 g/mol. The van der Waals surface area contributed by atoms with Crippen molar-refractivity contribution < 1.29 is 6.21 Å². The Hall–Kier alpha value is -5.71. The Labute approximate surface area is 264 Å². The van der Waals surface area contributed by atoms with Gasteiger partial charge in [-0.15, -0.1) is 11.3 Å². The van der Waals surface area contributed by atoms with Gasteiger partial charge in [0.05, 0.1) is 11.6 Å². The summed E-state index contributed by atoms with van der Waals surface area (Å²) in [6.07, 6.45) is 0. The predicted octanol–water partition coefficient (Wildman–Crippen LogP) is 11.7. The molecule has 9 aromatic rings. The van der Waals surface area contributed by atoms with Crippen LogP contribution in [0.4, 0.5) is 11.5 Å². The van der Waals surface area contributed by atoms with Gasteiger partial charge in [0.1, 0.15) is 5.69 Å². The molecule has 4 heteroatoms. The van der Waals surface area contributed by atoms with E-state index in [1.807, 2.05) is 29.3 Å². The van der Waals surface area contributed by atoms with Crippen LogP contribution < -0.4 is 9.90 Å². The average Bonchev–Trinajstić information content (AvgIpc) is 3.49. The van der Waals surface area contributed by atoms with Crippen LogP contribution in [0.2, 0.25) is 0 Å². The topological polar surface area (TPSA) is 25.4 Å². The van der Waals surface area contributed by atoms with Crippen molar-refractivity contribution in [3.63, 3.8) is 0 Å². The highest BCUT2D eigenvalue weighted by Gasteiger charge is 2.33. The number of hydrogen-bond acceptors (Lipinski definition) is 4. The highest BCUT2D eigenvalue weighted by atomic mass is 32.1. The molecule has 3 nitrogen and oxygen atoms in total. The fraction of sp³-hybridized carbons (Fsp3) is 0. The van der Waals surface area contributed by atoms with Gasteiger partial charge < -0.3 is 4.84 Å². The maximum Gasteiger partial charge on any atom is 0.170 e. The number of nitrogens with zero attached hydrogens (tertiary/aromatic N) is 2. The van der Waals surface area contributed by atoms with Gasteiger partial charge in [-0.1, -0.05) is 121 Å². The summed E-state index contributed by atoms with van der Waals surface area (Å²) >= 11 is 1.75. The fourth-order valence-electron chi connectivity index (χ4n) is 7.04. The third-order valence-corrected chi connectivity index (χ3v) is 10.2. The summed E-state index contributed by atoms with van der Waals surface area (Å²) in [5.41, 5.74) is 6.33. The Morgan fingerprint density at radius 3 is 2.27 bits per heavy atom. The fourth-order valence-corrected chi connectivity index (χ4v) is 8.27. The van der Waals surface area contributed by atoms with E-state index >= 15 is 0 Å². The molecule has 45 heavy (non-hydrogen) atoms. The number of para-hydroxylation sites is 1. The summed E-state index contributed by atoms with van der Waals surface area (Å²) in [5.74, 6) is 1.51. The SMILES string of the molecule is [2H]c1ccc2sc3c4c(c5ccccc5c3c2c1)-c1c(ccc2ccccc12)ON4c1cc(-c2ccccc2)c2ccccc2n1. The molecule has 0 saturated carbocycles. The maximum absolute atomic E-state index is 8.49. The maximum atomic E-state index is 8.49. The molecule has 0 fully saturated rings. The van der Waals surface area contributed by atoms with E-state index in [2.05, 4.69) is 115 Å². The third kappa shape index (κ3) is 3.54. The Kier molecular flexibility index (Phi) is 4.95. The molecule has 0 aliphatic carbocycles.